The summed E-state index contributed by atoms with van der Waals surface area (Å²) in [6.45, 7) is 1.09. The molecule has 0 aliphatic rings. The third-order valence-electron chi connectivity index (χ3n) is 3.32. The molecule has 0 bridgehead atoms. The largest absolute Gasteiger partial charge is 0.461 e. The number of benzene rings is 3. The Labute approximate surface area is 168 Å². The van der Waals surface area contributed by atoms with Crippen molar-refractivity contribution in [1.82, 2.24) is 5.32 Å². The summed E-state index contributed by atoms with van der Waals surface area (Å²) in [4.78, 5) is 13.9. The lowest BCUT2D eigenvalue weighted by molar-refractivity contribution is 0.0510. The highest BCUT2D eigenvalue weighted by Crippen LogP contribution is 2.36. The first-order valence-electron chi connectivity index (χ1n) is 8.61. The minimum atomic E-state index is -0.268. The maximum Gasteiger partial charge on any atom is 0.338 e. The van der Waals surface area contributed by atoms with E-state index in [0.29, 0.717) is 18.7 Å². The average molecular weight is 398 g/mol. The summed E-state index contributed by atoms with van der Waals surface area (Å²) in [6.07, 6.45) is 0. The average Bonchev–Trinajstić information content (AvgIpc) is 2.75. The molecule has 0 unspecified atom stereocenters. The third-order valence-corrected chi connectivity index (χ3v) is 5.73. The molecule has 0 aromatic heterocycles. The molecule has 0 saturated carbocycles. The van der Waals surface area contributed by atoms with Gasteiger partial charge in [0.15, 0.2) is 0 Å². The van der Waals surface area contributed by atoms with Crippen molar-refractivity contribution in [2.24, 2.45) is 0 Å². The van der Waals surface area contributed by atoms with E-state index in [2.05, 4.69) is 53.8 Å². The molecule has 0 atom stereocenters. The van der Waals surface area contributed by atoms with Crippen LogP contribution in [0.25, 0.3) is 0 Å². The normalized spacial score (nSPS) is 9.81. The van der Waals surface area contributed by atoms with E-state index in [1.54, 1.807) is 33.7 Å². The molecule has 0 radical (unpaired) electrons. The molecular formula is C22H23NO2S2. The number of carbonyl (C=O) groups excluding carboxylic acids is 1. The summed E-state index contributed by atoms with van der Waals surface area (Å²) in [6, 6.07) is 29.8. The highest BCUT2D eigenvalue weighted by atomic mass is 33.1. The van der Waals surface area contributed by atoms with Gasteiger partial charge in [-0.2, -0.15) is 0 Å². The monoisotopic (exact) mass is 397 g/mol. The minimum Gasteiger partial charge on any atom is -0.461 e. The first-order chi connectivity index (χ1) is 13.3. The van der Waals surface area contributed by atoms with Crippen molar-refractivity contribution in [3.63, 3.8) is 0 Å². The molecule has 0 aliphatic heterocycles. The third kappa shape index (κ3) is 8.82. The van der Waals surface area contributed by atoms with Gasteiger partial charge in [-0.3, -0.25) is 0 Å². The molecule has 27 heavy (non-hydrogen) atoms. The van der Waals surface area contributed by atoms with Gasteiger partial charge < -0.3 is 10.1 Å². The van der Waals surface area contributed by atoms with Crippen molar-refractivity contribution in [2.45, 2.75) is 9.79 Å². The zero-order chi connectivity index (χ0) is 19.2. The Hall–Kier alpha value is -2.21. The van der Waals surface area contributed by atoms with E-state index in [1.165, 1.54) is 9.79 Å². The van der Waals surface area contributed by atoms with E-state index in [0.717, 1.165) is 0 Å². The van der Waals surface area contributed by atoms with Gasteiger partial charge in [-0.05, 0) is 43.4 Å². The number of esters is 1. The van der Waals surface area contributed by atoms with Crippen LogP contribution in [-0.4, -0.2) is 26.2 Å². The van der Waals surface area contributed by atoms with Gasteiger partial charge in [0.25, 0.3) is 0 Å². The summed E-state index contributed by atoms with van der Waals surface area (Å²) < 4.78 is 4.97. The fourth-order valence-corrected chi connectivity index (χ4v) is 3.92. The van der Waals surface area contributed by atoms with Crippen LogP contribution < -0.4 is 5.32 Å². The maximum absolute atomic E-state index is 11.3. The van der Waals surface area contributed by atoms with Crippen molar-refractivity contribution in [3.05, 3.63) is 96.6 Å². The second-order valence-electron chi connectivity index (χ2n) is 5.40. The topological polar surface area (TPSA) is 38.3 Å². The lowest BCUT2D eigenvalue weighted by Gasteiger charge is -2.03. The van der Waals surface area contributed by atoms with Gasteiger partial charge in [0.2, 0.25) is 0 Å². The summed E-state index contributed by atoms with van der Waals surface area (Å²) in [5.41, 5.74) is 0.596. The van der Waals surface area contributed by atoms with Crippen molar-refractivity contribution in [2.75, 3.05) is 20.2 Å². The molecule has 3 rings (SSSR count). The molecule has 140 valence electrons. The molecule has 0 spiro atoms. The quantitative estimate of drug-likeness (QED) is 0.321. The highest BCUT2D eigenvalue weighted by Gasteiger charge is 2.04. The van der Waals surface area contributed by atoms with Gasteiger partial charge >= 0.3 is 5.97 Å². The molecule has 0 fully saturated rings. The molecule has 3 nitrogen and oxygen atoms in total. The molecule has 3 aromatic carbocycles. The molecule has 0 heterocycles. The second kappa shape index (κ2) is 13.0. The summed E-state index contributed by atoms with van der Waals surface area (Å²) in [5.74, 6) is -0.268. The van der Waals surface area contributed by atoms with Crippen LogP contribution in [0.2, 0.25) is 0 Å². The van der Waals surface area contributed by atoms with E-state index in [1.807, 2.05) is 37.4 Å². The number of hydrogen-bond donors (Lipinski definition) is 1. The van der Waals surface area contributed by atoms with Crippen LogP contribution in [0, 0.1) is 0 Å². The van der Waals surface area contributed by atoms with Crippen LogP contribution in [-0.2, 0) is 4.74 Å². The number of nitrogens with one attached hydrogen (secondary N) is 1. The van der Waals surface area contributed by atoms with E-state index >= 15 is 0 Å². The minimum absolute atomic E-state index is 0.268. The first kappa shape index (κ1) is 21.1. The van der Waals surface area contributed by atoms with Crippen molar-refractivity contribution in [1.29, 1.82) is 0 Å². The molecule has 0 aliphatic carbocycles. The molecule has 0 saturated heterocycles. The van der Waals surface area contributed by atoms with E-state index in [-0.39, 0.29) is 5.97 Å². The number of hydrogen-bond acceptors (Lipinski definition) is 5. The number of ether oxygens (including phenoxy) is 1. The van der Waals surface area contributed by atoms with Crippen LogP contribution in [0.1, 0.15) is 10.4 Å². The number of likely N-dealkylation sites (N-methyl/N-ethyl adjacent to an activating group) is 1. The number of carbonyl (C=O) groups is 1. The Morgan fingerprint density at radius 3 is 1.67 bits per heavy atom. The van der Waals surface area contributed by atoms with Crippen LogP contribution in [0.4, 0.5) is 0 Å². The van der Waals surface area contributed by atoms with Gasteiger partial charge in [-0.15, -0.1) is 0 Å². The summed E-state index contributed by atoms with van der Waals surface area (Å²) in [5, 5.41) is 2.90. The van der Waals surface area contributed by atoms with Crippen LogP contribution in [0.15, 0.2) is 101 Å². The predicted octanol–water partition coefficient (Wildman–Crippen LogP) is 5.55. The predicted molar refractivity (Wildman–Crippen MR) is 115 cm³/mol. The second-order valence-corrected chi connectivity index (χ2v) is 7.67. The lowest BCUT2D eigenvalue weighted by Crippen LogP contribution is -2.17. The molecule has 5 heteroatoms. The fraction of sp³-hybridized carbons (Fsp3) is 0.136. The van der Waals surface area contributed by atoms with Gasteiger partial charge in [0, 0.05) is 16.3 Å². The Morgan fingerprint density at radius 1 is 0.778 bits per heavy atom. The van der Waals surface area contributed by atoms with E-state index < -0.39 is 0 Å². The molecule has 1 N–H and O–H groups in total. The smallest absolute Gasteiger partial charge is 0.338 e. The number of rotatable bonds is 7. The lowest BCUT2D eigenvalue weighted by atomic mass is 10.2. The van der Waals surface area contributed by atoms with Crippen LogP contribution in [0.3, 0.4) is 0 Å². The summed E-state index contributed by atoms with van der Waals surface area (Å²) in [7, 11) is 5.40. The zero-order valence-electron chi connectivity index (χ0n) is 15.2. The Morgan fingerprint density at radius 2 is 1.22 bits per heavy atom. The van der Waals surface area contributed by atoms with Crippen molar-refractivity contribution in [3.8, 4) is 0 Å². The Bertz CT molecular complexity index is 729. The zero-order valence-corrected chi connectivity index (χ0v) is 16.8. The standard InChI is InChI=1S/C12H10S2.C10H13NO2/c1-3-7-11(8-4-1)13-14-12-9-5-2-6-10-12;1-11-7-8-13-10(12)9-5-3-2-4-6-9/h1-10H;2-6,11H,7-8H2,1H3. The maximum atomic E-state index is 11.3. The molecule has 3 aromatic rings. The van der Waals surface area contributed by atoms with Gasteiger partial charge in [-0.25, -0.2) is 4.79 Å². The molecule has 0 amide bonds. The van der Waals surface area contributed by atoms with E-state index in [9.17, 15) is 4.79 Å². The molecular weight excluding hydrogens is 374 g/mol. The van der Waals surface area contributed by atoms with Gasteiger partial charge in [-0.1, -0.05) is 76.2 Å². The summed E-state index contributed by atoms with van der Waals surface area (Å²) >= 11 is 0. The first-order valence-corrected chi connectivity index (χ1v) is 10.8. The van der Waals surface area contributed by atoms with Crippen LogP contribution in [0.5, 0.6) is 0 Å². The van der Waals surface area contributed by atoms with Gasteiger partial charge in [0.05, 0.1) is 5.56 Å². The van der Waals surface area contributed by atoms with Crippen molar-refractivity contribution >= 4 is 27.6 Å². The highest BCUT2D eigenvalue weighted by molar-refractivity contribution is 8.76. The van der Waals surface area contributed by atoms with E-state index in [4.69, 9.17) is 4.74 Å². The Kier molecular flexibility index (Phi) is 10.2. The van der Waals surface area contributed by atoms with Gasteiger partial charge in [0.1, 0.15) is 6.61 Å². The fourth-order valence-electron chi connectivity index (χ4n) is 1.95. The van der Waals surface area contributed by atoms with Crippen molar-refractivity contribution < 1.29 is 9.53 Å². The van der Waals surface area contributed by atoms with Crippen LogP contribution >= 0.6 is 21.6 Å². The SMILES string of the molecule is CNCCOC(=O)c1ccccc1.c1ccc(SSc2ccccc2)cc1. The Balaban J connectivity index is 0.000000194.